The lowest BCUT2D eigenvalue weighted by atomic mass is 9.79. The molecular weight excluding hydrogens is 396 g/mol. The first-order chi connectivity index (χ1) is 15.0. The van der Waals surface area contributed by atoms with E-state index in [1.54, 1.807) is 6.08 Å². The highest BCUT2D eigenvalue weighted by Crippen LogP contribution is 2.36. The number of ether oxygens (including phenoxy) is 1. The second-order valence-electron chi connectivity index (χ2n) is 8.81. The molecule has 0 atom stereocenters. The molecule has 31 heavy (non-hydrogen) atoms. The minimum atomic E-state index is -0.779. The Balaban J connectivity index is 1.33. The smallest absolute Gasteiger partial charge is 0.309 e. The lowest BCUT2D eigenvalue weighted by Crippen LogP contribution is -2.29. The van der Waals surface area contributed by atoms with Crippen molar-refractivity contribution in [2.24, 2.45) is 11.8 Å². The summed E-state index contributed by atoms with van der Waals surface area (Å²) < 4.78 is 31.6. The van der Waals surface area contributed by atoms with E-state index >= 15 is 0 Å². The third-order valence-electron chi connectivity index (χ3n) is 6.71. The summed E-state index contributed by atoms with van der Waals surface area (Å²) >= 11 is 0. The van der Waals surface area contributed by atoms with Crippen molar-refractivity contribution < 1.29 is 18.3 Å². The van der Waals surface area contributed by atoms with E-state index in [4.69, 9.17) is 10.00 Å². The highest BCUT2D eigenvalue weighted by molar-refractivity contribution is 5.72. The van der Waals surface area contributed by atoms with Gasteiger partial charge >= 0.3 is 5.97 Å². The van der Waals surface area contributed by atoms with Gasteiger partial charge in [0.15, 0.2) is 5.83 Å². The zero-order valence-electron chi connectivity index (χ0n) is 17.9. The quantitative estimate of drug-likeness (QED) is 0.270. The second-order valence-corrected chi connectivity index (χ2v) is 8.81. The maximum atomic E-state index is 13.1. The van der Waals surface area contributed by atoms with Crippen molar-refractivity contribution in [2.45, 2.75) is 76.2 Å². The molecule has 2 aliphatic rings. The number of hydrogen-bond acceptors (Lipinski definition) is 3. The second kappa shape index (κ2) is 11.8. The van der Waals surface area contributed by atoms with Crippen LogP contribution in [0, 0.1) is 29.0 Å². The molecular formula is C26H31F2NO2. The number of carbonyl (C=O) groups is 1. The van der Waals surface area contributed by atoms with Crippen molar-refractivity contribution in [1.82, 2.24) is 0 Å². The normalized spacial score (nSPS) is 27.1. The maximum Gasteiger partial charge on any atom is 0.309 e. The van der Waals surface area contributed by atoms with Crippen LogP contribution in [0.5, 0.6) is 0 Å². The molecule has 0 N–H and O–H groups in total. The van der Waals surface area contributed by atoms with Gasteiger partial charge in [0.2, 0.25) is 0 Å². The number of benzene rings is 1. The summed E-state index contributed by atoms with van der Waals surface area (Å²) in [5.74, 6) is -0.00793. The van der Waals surface area contributed by atoms with Gasteiger partial charge in [0, 0.05) is 0 Å². The molecule has 1 aromatic carbocycles. The predicted molar refractivity (Wildman–Crippen MR) is 116 cm³/mol. The first kappa shape index (κ1) is 23.2. The molecule has 3 rings (SSSR count). The van der Waals surface area contributed by atoms with Crippen LogP contribution in [-0.2, 0) is 9.53 Å². The Kier molecular flexibility index (Phi) is 8.82. The van der Waals surface area contributed by atoms with Gasteiger partial charge in [0.1, 0.15) is 18.0 Å². The van der Waals surface area contributed by atoms with Gasteiger partial charge in [-0.15, -0.1) is 0 Å². The summed E-state index contributed by atoms with van der Waals surface area (Å²) in [7, 11) is 0. The van der Waals surface area contributed by atoms with Gasteiger partial charge < -0.3 is 4.74 Å². The molecule has 5 heteroatoms. The molecule has 0 bridgehead atoms. The summed E-state index contributed by atoms with van der Waals surface area (Å²) in [5, 5.41) is 8.36. The molecule has 0 radical (unpaired) electrons. The molecule has 2 saturated carbocycles. The largest absolute Gasteiger partial charge is 0.462 e. The Labute approximate surface area is 183 Å². The average Bonchev–Trinajstić information content (AvgIpc) is 2.80. The number of hydrogen-bond donors (Lipinski definition) is 0. The summed E-state index contributed by atoms with van der Waals surface area (Å²) in [6.45, 7) is 0. The van der Waals surface area contributed by atoms with E-state index < -0.39 is 5.83 Å². The lowest BCUT2D eigenvalue weighted by Gasteiger charge is -2.31. The molecule has 166 valence electrons. The maximum absolute atomic E-state index is 13.1. The van der Waals surface area contributed by atoms with Crippen LogP contribution >= 0.6 is 0 Å². The zero-order chi connectivity index (χ0) is 22.1. The van der Waals surface area contributed by atoms with Gasteiger partial charge in [-0.05, 0) is 99.8 Å². The average molecular weight is 428 g/mol. The molecule has 0 spiro atoms. The molecule has 0 heterocycles. The fraction of sp³-hybridized carbons (Fsp3) is 0.538. The number of allylic oxidation sites excluding steroid dienone is 4. The Morgan fingerprint density at radius 3 is 2.39 bits per heavy atom. The molecule has 0 unspecified atom stereocenters. The summed E-state index contributed by atoms with van der Waals surface area (Å²) in [6, 6.07) is 8.20. The van der Waals surface area contributed by atoms with Crippen LogP contribution in [0.25, 0.3) is 0 Å². The standard InChI is InChI=1S/C26H31F2NO2/c27-23-14-10-20(11-15-23)21-12-16-25(17-13-21)31-26(30)22-8-6-19(7-9-22)4-2-1-3-5-24(28)18-29/h1,3,5,10-11,14-15,19,21-22,25H,2,4,6-9,12-13,16-17H2. The van der Waals surface area contributed by atoms with Gasteiger partial charge in [0.25, 0.3) is 0 Å². The highest BCUT2D eigenvalue weighted by Gasteiger charge is 2.30. The van der Waals surface area contributed by atoms with Crippen molar-refractivity contribution in [3.05, 3.63) is 59.7 Å². The fourth-order valence-corrected chi connectivity index (χ4v) is 4.81. The van der Waals surface area contributed by atoms with Crippen LogP contribution in [-0.4, -0.2) is 12.1 Å². The van der Waals surface area contributed by atoms with E-state index in [1.165, 1.54) is 29.8 Å². The number of esters is 1. The van der Waals surface area contributed by atoms with Crippen LogP contribution in [0.4, 0.5) is 8.78 Å². The molecule has 2 aliphatic carbocycles. The van der Waals surface area contributed by atoms with Gasteiger partial charge in [-0.3, -0.25) is 4.79 Å². The monoisotopic (exact) mass is 427 g/mol. The molecule has 1 aromatic rings. The molecule has 0 saturated heterocycles. The Morgan fingerprint density at radius 1 is 1.06 bits per heavy atom. The van der Waals surface area contributed by atoms with E-state index in [-0.39, 0.29) is 23.8 Å². The predicted octanol–water partition coefficient (Wildman–Crippen LogP) is 6.91. The Bertz CT molecular complexity index is 809. The molecule has 0 aromatic heterocycles. The molecule has 2 fully saturated rings. The first-order valence-electron chi connectivity index (χ1n) is 11.4. The lowest BCUT2D eigenvalue weighted by molar-refractivity contribution is -0.157. The molecule has 3 nitrogen and oxygen atoms in total. The van der Waals surface area contributed by atoms with Crippen molar-refractivity contribution in [2.75, 3.05) is 0 Å². The van der Waals surface area contributed by atoms with Crippen LogP contribution < -0.4 is 0 Å². The van der Waals surface area contributed by atoms with Gasteiger partial charge in [-0.2, -0.15) is 9.65 Å². The summed E-state index contributed by atoms with van der Waals surface area (Å²) in [5.41, 5.74) is 1.17. The van der Waals surface area contributed by atoms with E-state index in [2.05, 4.69) is 0 Å². The Morgan fingerprint density at radius 2 is 1.74 bits per heavy atom. The van der Waals surface area contributed by atoms with Crippen LogP contribution in [0.2, 0.25) is 0 Å². The van der Waals surface area contributed by atoms with Crippen molar-refractivity contribution in [1.29, 1.82) is 5.26 Å². The fourth-order valence-electron chi connectivity index (χ4n) is 4.81. The van der Waals surface area contributed by atoms with Crippen molar-refractivity contribution >= 4 is 5.97 Å². The van der Waals surface area contributed by atoms with Crippen LogP contribution in [0.3, 0.4) is 0 Å². The number of nitriles is 1. The summed E-state index contributed by atoms with van der Waals surface area (Å²) in [4.78, 5) is 12.6. The van der Waals surface area contributed by atoms with Gasteiger partial charge in [-0.1, -0.05) is 24.3 Å². The third-order valence-corrected chi connectivity index (χ3v) is 6.71. The minimum Gasteiger partial charge on any atom is -0.462 e. The third kappa shape index (κ3) is 7.31. The highest BCUT2D eigenvalue weighted by atomic mass is 19.1. The van der Waals surface area contributed by atoms with Crippen LogP contribution in [0.1, 0.15) is 75.7 Å². The Hall–Kier alpha value is -2.48. The van der Waals surface area contributed by atoms with Crippen LogP contribution in [0.15, 0.2) is 48.3 Å². The zero-order valence-corrected chi connectivity index (χ0v) is 17.9. The number of nitrogens with zero attached hydrogens (tertiary/aromatic N) is 1. The minimum absolute atomic E-state index is 0.00826. The SMILES string of the molecule is N#CC(F)=CC=CCCC1CCC(C(=O)OC2CCC(c3ccc(F)cc3)CC2)CC1. The van der Waals surface area contributed by atoms with E-state index in [0.717, 1.165) is 64.2 Å². The summed E-state index contributed by atoms with van der Waals surface area (Å²) in [6.07, 6.45) is 14.0. The van der Waals surface area contributed by atoms with Crippen molar-refractivity contribution in [3.63, 3.8) is 0 Å². The topological polar surface area (TPSA) is 50.1 Å². The molecule has 0 amide bonds. The number of carbonyl (C=O) groups excluding carboxylic acids is 1. The van der Waals surface area contributed by atoms with Gasteiger partial charge in [-0.25, -0.2) is 4.39 Å². The van der Waals surface area contributed by atoms with Gasteiger partial charge in [0.05, 0.1) is 5.92 Å². The van der Waals surface area contributed by atoms with Crippen molar-refractivity contribution in [3.8, 4) is 6.07 Å². The van der Waals surface area contributed by atoms with E-state index in [1.807, 2.05) is 18.2 Å². The number of halogens is 2. The molecule has 0 aliphatic heterocycles. The van der Waals surface area contributed by atoms with E-state index in [9.17, 15) is 13.6 Å². The first-order valence-corrected chi connectivity index (χ1v) is 11.4. The van der Waals surface area contributed by atoms with E-state index in [0.29, 0.717) is 11.8 Å². The number of rotatable bonds is 7.